The number of amides is 2. The van der Waals surface area contributed by atoms with Crippen molar-refractivity contribution in [2.75, 3.05) is 32.1 Å². The highest BCUT2D eigenvalue weighted by molar-refractivity contribution is 5.95. The van der Waals surface area contributed by atoms with E-state index < -0.39 is 5.66 Å². The summed E-state index contributed by atoms with van der Waals surface area (Å²) in [5.74, 6) is -0.0284. The van der Waals surface area contributed by atoms with Gasteiger partial charge in [0.2, 0.25) is 5.91 Å². The number of aromatic nitrogens is 1. The number of fused-ring (bicyclic) bond motifs is 2. The number of carbonyl (C=O) groups excluding carboxylic acids is 2. The molecule has 6 heteroatoms. The molecular formula is C19H22N4O2. The smallest absolute Gasteiger partial charge is 0.272 e. The molecule has 0 N–H and O–H groups in total. The minimum atomic E-state index is -0.750. The lowest BCUT2D eigenvalue weighted by molar-refractivity contribution is -0.138. The van der Waals surface area contributed by atoms with Gasteiger partial charge in [0.05, 0.1) is 6.54 Å². The molecule has 4 rings (SSSR count). The molecule has 1 aromatic carbocycles. The van der Waals surface area contributed by atoms with Gasteiger partial charge in [0.25, 0.3) is 5.91 Å². The first-order valence-electron chi connectivity index (χ1n) is 8.48. The van der Waals surface area contributed by atoms with Crippen molar-refractivity contribution >= 4 is 17.5 Å². The SMILES string of the molecule is CC(=O)N1CCN2C(=O)c3cccn3CC12c1ccc(N(C)C)cc1. The van der Waals surface area contributed by atoms with Crippen molar-refractivity contribution in [2.24, 2.45) is 0 Å². The fourth-order valence-electron chi connectivity index (χ4n) is 4.13. The van der Waals surface area contributed by atoms with Gasteiger partial charge < -0.3 is 19.3 Å². The maximum atomic E-state index is 13.0. The van der Waals surface area contributed by atoms with Crippen LogP contribution in [0.15, 0.2) is 42.6 Å². The van der Waals surface area contributed by atoms with Crippen LogP contribution >= 0.6 is 0 Å². The average molecular weight is 338 g/mol. The van der Waals surface area contributed by atoms with Crippen molar-refractivity contribution in [3.8, 4) is 0 Å². The van der Waals surface area contributed by atoms with Crippen LogP contribution in [0.25, 0.3) is 0 Å². The molecule has 2 aromatic rings. The van der Waals surface area contributed by atoms with E-state index in [2.05, 4.69) is 0 Å². The van der Waals surface area contributed by atoms with Crippen LogP contribution in [0.3, 0.4) is 0 Å². The van der Waals surface area contributed by atoms with Crippen LogP contribution in [0.2, 0.25) is 0 Å². The molecule has 2 aliphatic rings. The topological polar surface area (TPSA) is 48.8 Å². The molecule has 0 bridgehead atoms. The number of hydrogen-bond donors (Lipinski definition) is 0. The zero-order valence-electron chi connectivity index (χ0n) is 14.8. The maximum absolute atomic E-state index is 13.0. The van der Waals surface area contributed by atoms with E-state index in [1.165, 1.54) is 0 Å². The molecule has 0 saturated carbocycles. The Labute approximate surface area is 147 Å². The van der Waals surface area contributed by atoms with Crippen molar-refractivity contribution in [2.45, 2.75) is 19.1 Å². The van der Waals surface area contributed by atoms with Crippen molar-refractivity contribution < 1.29 is 9.59 Å². The first kappa shape index (κ1) is 15.7. The predicted molar refractivity (Wildman–Crippen MR) is 95.3 cm³/mol. The molecule has 2 amide bonds. The van der Waals surface area contributed by atoms with Crippen LogP contribution in [-0.4, -0.2) is 53.4 Å². The predicted octanol–water partition coefficient (Wildman–Crippen LogP) is 1.72. The molecule has 0 radical (unpaired) electrons. The normalized spacial score (nSPS) is 22.0. The Morgan fingerprint density at radius 1 is 1.12 bits per heavy atom. The number of rotatable bonds is 2. The molecular weight excluding hydrogens is 316 g/mol. The van der Waals surface area contributed by atoms with Gasteiger partial charge in [-0.1, -0.05) is 12.1 Å². The van der Waals surface area contributed by atoms with Gasteiger partial charge in [-0.3, -0.25) is 9.59 Å². The Hall–Kier alpha value is -2.76. The second-order valence-electron chi connectivity index (χ2n) is 6.91. The maximum Gasteiger partial charge on any atom is 0.272 e. The molecule has 25 heavy (non-hydrogen) atoms. The largest absolute Gasteiger partial charge is 0.378 e. The zero-order valence-corrected chi connectivity index (χ0v) is 14.8. The summed E-state index contributed by atoms with van der Waals surface area (Å²) in [5.41, 5.74) is 1.99. The molecule has 0 spiro atoms. The van der Waals surface area contributed by atoms with Crippen LogP contribution in [0.1, 0.15) is 23.0 Å². The summed E-state index contributed by atoms with van der Waals surface area (Å²) >= 11 is 0. The lowest BCUT2D eigenvalue weighted by Crippen LogP contribution is -2.59. The van der Waals surface area contributed by atoms with Gasteiger partial charge in [0.15, 0.2) is 5.66 Å². The number of hydrogen-bond acceptors (Lipinski definition) is 3. The molecule has 1 unspecified atom stereocenters. The minimum Gasteiger partial charge on any atom is -0.378 e. The number of nitrogens with zero attached hydrogens (tertiary/aromatic N) is 4. The van der Waals surface area contributed by atoms with Crippen molar-refractivity contribution in [1.82, 2.24) is 14.4 Å². The molecule has 130 valence electrons. The summed E-state index contributed by atoms with van der Waals surface area (Å²) in [6, 6.07) is 11.9. The highest BCUT2D eigenvalue weighted by atomic mass is 16.2. The average Bonchev–Trinajstić information content (AvgIpc) is 3.20. The Kier molecular flexibility index (Phi) is 3.39. The summed E-state index contributed by atoms with van der Waals surface area (Å²) in [5, 5.41) is 0. The zero-order chi connectivity index (χ0) is 17.8. The van der Waals surface area contributed by atoms with Crippen LogP contribution in [0, 0.1) is 0 Å². The summed E-state index contributed by atoms with van der Waals surface area (Å²) in [6.45, 7) is 3.25. The molecule has 1 fully saturated rings. The third-order valence-corrected chi connectivity index (χ3v) is 5.35. The summed E-state index contributed by atoms with van der Waals surface area (Å²) < 4.78 is 1.96. The molecule has 6 nitrogen and oxygen atoms in total. The Morgan fingerprint density at radius 2 is 1.84 bits per heavy atom. The second kappa shape index (κ2) is 5.37. The number of benzene rings is 1. The number of carbonyl (C=O) groups is 2. The van der Waals surface area contributed by atoms with E-state index in [-0.39, 0.29) is 11.8 Å². The van der Waals surface area contributed by atoms with E-state index in [4.69, 9.17) is 0 Å². The van der Waals surface area contributed by atoms with Gasteiger partial charge in [-0.15, -0.1) is 0 Å². The van der Waals surface area contributed by atoms with E-state index in [0.29, 0.717) is 25.3 Å². The van der Waals surface area contributed by atoms with E-state index in [1.54, 1.807) is 6.92 Å². The quantitative estimate of drug-likeness (QED) is 0.838. The van der Waals surface area contributed by atoms with Crippen LogP contribution in [0.4, 0.5) is 5.69 Å². The summed E-state index contributed by atoms with van der Waals surface area (Å²) in [4.78, 5) is 31.1. The van der Waals surface area contributed by atoms with Gasteiger partial charge in [-0.05, 0) is 24.3 Å². The Morgan fingerprint density at radius 3 is 2.48 bits per heavy atom. The van der Waals surface area contributed by atoms with Crippen molar-refractivity contribution in [3.05, 3.63) is 53.9 Å². The molecule has 3 heterocycles. The van der Waals surface area contributed by atoms with Gasteiger partial charge in [-0.25, -0.2) is 0 Å². The molecule has 1 saturated heterocycles. The van der Waals surface area contributed by atoms with Gasteiger partial charge >= 0.3 is 0 Å². The van der Waals surface area contributed by atoms with E-state index in [1.807, 2.05) is 76.0 Å². The monoisotopic (exact) mass is 338 g/mol. The minimum absolute atomic E-state index is 0.0115. The first-order valence-corrected chi connectivity index (χ1v) is 8.48. The third kappa shape index (κ3) is 2.10. The van der Waals surface area contributed by atoms with Crippen LogP contribution < -0.4 is 4.90 Å². The molecule has 0 aliphatic carbocycles. The van der Waals surface area contributed by atoms with E-state index in [9.17, 15) is 9.59 Å². The summed E-state index contributed by atoms with van der Waals surface area (Å²) in [6.07, 6.45) is 1.91. The molecule has 1 atom stereocenters. The van der Waals surface area contributed by atoms with Crippen molar-refractivity contribution in [3.63, 3.8) is 0 Å². The van der Waals surface area contributed by atoms with Gasteiger partial charge in [0.1, 0.15) is 5.69 Å². The lowest BCUT2D eigenvalue weighted by atomic mass is 9.94. The van der Waals surface area contributed by atoms with Gasteiger partial charge in [-0.2, -0.15) is 0 Å². The highest BCUT2D eigenvalue weighted by Crippen LogP contribution is 2.43. The lowest BCUT2D eigenvalue weighted by Gasteiger charge is -2.47. The Bertz CT molecular complexity index is 839. The highest BCUT2D eigenvalue weighted by Gasteiger charge is 2.55. The van der Waals surface area contributed by atoms with E-state index in [0.717, 1.165) is 11.3 Å². The standard InChI is InChI=1S/C19H22N4O2/c1-14(24)22-11-12-23-18(25)17-5-4-10-21(17)13-19(22,23)15-6-8-16(9-7-15)20(2)3/h4-10H,11-13H2,1-3H3. The van der Waals surface area contributed by atoms with Crippen LogP contribution in [-0.2, 0) is 17.0 Å². The first-order chi connectivity index (χ1) is 11.9. The van der Waals surface area contributed by atoms with Crippen molar-refractivity contribution in [1.29, 1.82) is 0 Å². The fourth-order valence-corrected chi connectivity index (χ4v) is 4.13. The fraction of sp³-hybridized carbons (Fsp3) is 0.368. The number of anilines is 1. The third-order valence-electron chi connectivity index (χ3n) is 5.35. The summed E-state index contributed by atoms with van der Waals surface area (Å²) in [7, 11) is 3.99. The molecule has 2 aliphatic heterocycles. The van der Waals surface area contributed by atoms with E-state index >= 15 is 0 Å². The molecule has 1 aromatic heterocycles. The Balaban J connectivity index is 1.89. The second-order valence-corrected chi connectivity index (χ2v) is 6.91. The van der Waals surface area contributed by atoms with Crippen LogP contribution in [0.5, 0.6) is 0 Å². The van der Waals surface area contributed by atoms with Gasteiger partial charge in [0, 0.05) is 51.6 Å².